The quantitative estimate of drug-likeness (QED) is 0.763. The first-order valence-corrected chi connectivity index (χ1v) is 8.08. The number of nitrogens with two attached hydrogens (primary N) is 1. The predicted molar refractivity (Wildman–Crippen MR) is 75.3 cm³/mol. The Labute approximate surface area is 118 Å². The molecule has 6 nitrogen and oxygen atoms in total. The molecule has 1 amide bonds. The number of amides is 1. The number of benzene rings is 1. The van der Waals surface area contributed by atoms with Crippen LogP contribution in [0.2, 0.25) is 0 Å². The minimum atomic E-state index is -3.12. The van der Waals surface area contributed by atoms with E-state index >= 15 is 0 Å². The largest absolute Gasteiger partial charge is 0.351 e. The predicted octanol–water partition coefficient (Wildman–Crippen LogP) is -0.0635. The molecule has 1 unspecified atom stereocenters. The van der Waals surface area contributed by atoms with Gasteiger partial charge in [-0.15, -0.1) is 0 Å². The molecule has 0 bridgehead atoms. The lowest BCUT2D eigenvalue weighted by atomic mass is 10.1. The molecule has 0 aromatic heterocycles. The minimum Gasteiger partial charge on any atom is -0.351 e. The lowest BCUT2D eigenvalue weighted by Gasteiger charge is -2.11. The summed E-state index contributed by atoms with van der Waals surface area (Å²) < 4.78 is 22.0. The van der Waals surface area contributed by atoms with Crippen LogP contribution in [-0.2, 0) is 21.2 Å². The molecule has 1 rings (SSSR count). The lowest BCUT2D eigenvalue weighted by molar-refractivity contribution is -0.122. The number of carbonyl (C=O) groups is 1. The Morgan fingerprint density at radius 3 is 2.50 bits per heavy atom. The molecular weight excluding hydrogens is 278 g/mol. The van der Waals surface area contributed by atoms with E-state index in [0.717, 1.165) is 11.8 Å². The third kappa shape index (κ3) is 5.82. The molecule has 0 aliphatic carbocycles. The van der Waals surface area contributed by atoms with Crippen molar-refractivity contribution in [2.45, 2.75) is 19.0 Å². The Morgan fingerprint density at radius 1 is 1.40 bits per heavy atom. The number of carbonyl (C=O) groups excluding carboxylic acids is 1. The van der Waals surface area contributed by atoms with Gasteiger partial charge in [0.05, 0.1) is 23.4 Å². The number of rotatable bonds is 6. The molecule has 0 heterocycles. The van der Waals surface area contributed by atoms with E-state index in [1.165, 1.54) is 0 Å². The molecule has 0 aliphatic heterocycles. The van der Waals surface area contributed by atoms with Gasteiger partial charge in [-0.3, -0.25) is 4.79 Å². The summed E-state index contributed by atoms with van der Waals surface area (Å²) in [7, 11) is -3.12. The fraction of sp³-hybridized carbons (Fsp3) is 0.385. The summed E-state index contributed by atoms with van der Waals surface area (Å²) in [6.45, 7) is 0.289. The van der Waals surface area contributed by atoms with E-state index in [4.69, 9.17) is 11.0 Å². The van der Waals surface area contributed by atoms with Gasteiger partial charge in [-0.25, -0.2) is 8.42 Å². The van der Waals surface area contributed by atoms with E-state index in [1.54, 1.807) is 24.3 Å². The van der Waals surface area contributed by atoms with Gasteiger partial charge in [0.15, 0.2) is 0 Å². The Balaban J connectivity index is 2.44. The molecule has 1 aromatic carbocycles. The van der Waals surface area contributed by atoms with E-state index in [-0.39, 0.29) is 18.7 Å². The van der Waals surface area contributed by atoms with Crippen LogP contribution in [0.15, 0.2) is 24.3 Å². The Hall–Kier alpha value is -1.91. The highest BCUT2D eigenvalue weighted by Gasteiger charge is 2.15. The van der Waals surface area contributed by atoms with Gasteiger partial charge in [0, 0.05) is 12.8 Å². The van der Waals surface area contributed by atoms with Crippen LogP contribution >= 0.6 is 0 Å². The maximum Gasteiger partial charge on any atom is 0.237 e. The van der Waals surface area contributed by atoms with Gasteiger partial charge in [0.2, 0.25) is 5.91 Å². The van der Waals surface area contributed by atoms with E-state index in [2.05, 4.69) is 5.32 Å². The summed E-state index contributed by atoms with van der Waals surface area (Å²) in [5.41, 5.74) is 7.00. The van der Waals surface area contributed by atoms with Crippen molar-refractivity contribution in [3.8, 4) is 6.07 Å². The molecule has 0 aliphatic rings. The number of nitrogens with zero attached hydrogens (tertiary/aromatic N) is 1. The summed E-state index contributed by atoms with van der Waals surface area (Å²) in [5, 5.41) is 11.3. The first-order valence-electron chi connectivity index (χ1n) is 6.02. The molecule has 0 fully saturated rings. The average Bonchev–Trinajstić information content (AvgIpc) is 2.41. The number of nitriles is 1. The molecule has 1 atom stereocenters. The van der Waals surface area contributed by atoms with Crippen molar-refractivity contribution in [1.82, 2.24) is 5.32 Å². The molecule has 3 N–H and O–H groups in total. The van der Waals surface area contributed by atoms with Gasteiger partial charge in [-0.1, -0.05) is 12.1 Å². The van der Waals surface area contributed by atoms with Crippen LogP contribution in [0.25, 0.3) is 0 Å². The average molecular weight is 295 g/mol. The number of hydrogen-bond donors (Lipinski definition) is 2. The van der Waals surface area contributed by atoms with E-state index in [9.17, 15) is 13.2 Å². The van der Waals surface area contributed by atoms with Crippen LogP contribution < -0.4 is 11.1 Å². The number of nitrogens with one attached hydrogen (secondary N) is 1. The molecular formula is C13H17N3O3S. The highest BCUT2D eigenvalue weighted by Crippen LogP contribution is 2.03. The van der Waals surface area contributed by atoms with Crippen molar-refractivity contribution in [2.24, 2.45) is 5.73 Å². The van der Waals surface area contributed by atoms with Crippen molar-refractivity contribution in [2.75, 3.05) is 12.0 Å². The molecule has 0 saturated carbocycles. The Kier molecular flexibility index (Phi) is 5.67. The van der Waals surface area contributed by atoms with Crippen LogP contribution in [0, 0.1) is 11.3 Å². The highest BCUT2D eigenvalue weighted by atomic mass is 32.2. The zero-order valence-electron chi connectivity index (χ0n) is 11.2. The van der Waals surface area contributed by atoms with Crippen LogP contribution in [0.1, 0.15) is 17.5 Å². The van der Waals surface area contributed by atoms with Crippen LogP contribution in [0.3, 0.4) is 0 Å². The Morgan fingerprint density at radius 2 is 2.00 bits per heavy atom. The van der Waals surface area contributed by atoms with Gasteiger partial charge in [-0.05, 0) is 24.1 Å². The first kappa shape index (κ1) is 16.1. The highest BCUT2D eigenvalue weighted by molar-refractivity contribution is 7.90. The van der Waals surface area contributed by atoms with Gasteiger partial charge in [-0.2, -0.15) is 5.26 Å². The summed E-state index contributed by atoms with van der Waals surface area (Å²) >= 11 is 0. The summed E-state index contributed by atoms with van der Waals surface area (Å²) in [6.07, 6.45) is 1.20. The standard InChI is InChI=1S/C13H17N3O3S/c1-20(18,19)7-6-12(15)13(17)16-9-11-4-2-10(8-14)3-5-11/h2-5,12H,6-7,9,15H2,1H3,(H,16,17). The van der Waals surface area contributed by atoms with Gasteiger partial charge in [0.25, 0.3) is 0 Å². The SMILES string of the molecule is CS(=O)(=O)CCC(N)C(=O)NCc1ccc(C#N)cc1. The third-order valence-corrected chi connectivity index (χ3v) is 3.66. The van der Waals surface area contributed by atoms with Crippen molar-refractivity contribution in [3.63, 3.8) is 0 Å². The molecule has 0 saturated heterocycles. The van der Waals surface area contributed by atoms with Crippen LogP contribution in [0.5, 0.6) is 0 Å². The fourth-order valence-corrected chi connectivity index (χ4v) is 2.17. The number of sulfone groups is 1. The molecule has 20 heavy (non-hydrogen) atoms. The van der Waals surface area contributed by atoms with Crippen LogP contribution in [-0.4, -0.2) is 32.4 Å². The second-order valence-electron chi connectivity index (χ2n) is 4.55. The summed E-state index contributed by atoms with van der Waals surface area (Å²) in [5.74, 6) is -0.503. The lowest BCUT2D eigenvalue weighted by Crippen LogP contribution is -2.41. The topological polar surface area (TPSA) is 113 Å². The smallest absolute Gasteiger partial charge is 0.237 e. The first-order chi connectivity index (χ1) is 9.31. The zero-order chi connectivity index (χ0) is 15.2. The number of hydrogen-bond acceptors (Lipinski definition) is 5. The zero-order valence-corrected chi connectivity index (χ0v) is 12.0. The van der Waals surface area contributed by atoms with E-state index in [0.29, 0.717) is 5.56 Å². The Bertz CT molecular complexity index is 603. The summed E-state index contributed by atoms with van der Waals surface area (Å²) in [4.78, 5) is 11.7. The maximum atomic E-state index is 11.7. The molecule has 7 heteroatoms. The van der Waals surface area contributed by atoms with Crippen LogP contribution in [0.4, 0.5) is 0 Å². The van der Waals surface area contributed by atoms with E-state index < -0.39 is 21.8 Å². The molecule has 1 aromatic rings. The molecule has 0 spiro atoms. The minimum absolute atomic E-state index is 0.0953. The second kappa shape index (κ2) is 7.03. The molecule has 108 valence electrons. The van der Waals surface area contributed by atoms with Gasteiger partial charge < -0.3 is 11.1 Å². The maximum absolute atomic E-state index is 11.7. The third-order valence-electron chi connectivity index (χ3n) is 2.69. The summed E-state index contributed by atoms with van der Waals surface area (Å²) in [6, 6.07) is 7.95. The molecule has 0 radical (unpaired) electrons. The van der Waals surface area contributed by atoms with Crippen molar-refractivity contribution in [1.29, 1.82) is 5.26 Å². The van der Waals surface area contributed by atoms with Crippen molar-refractivity contribution in [3.05, 3.63) is 35.4 Å². The fourth-order valence-electron chi connectivity index (χ4n) is 1.49. The van der Waals surface area contributed by atoms with Crippen molar-refractivity contribution >= 4 is 15.7 Å². The van der Waals surface area contributed by atoms with Gasteiger partial charge >= 0.3 is 0 Å². The normalized spacial score (nSPS) is 12.4. The van der Waals surface area contributed by atoms with E-state index in [1.807, 2.05) is 6.07 Å². The van der Waals surface area contributed by atoms with Gasteiger partial charge in [0.1, 0.15) is 9.84 Å². The second-order valence-corrected chi connectivity index (χ2v) is 6.81. The van der Waals surface area contributed by atoms with Crippen molar-refractivity contribution < 1.29 is 13.2 Å². The monoisotopic (exact) mass is 295 g/mol.